The van der Waals surface area contributed by atoms with E-state index in [0.717, 1.165) is 6.42 Å². The lowest BCUT2D eigenvalue weighted by atomic mass is 10.1. The molecule has 1 aromatic carbocycles. The second-order valence-electron chi connectivity index (χ2n) is 8.08. The van der Waals surface area contributed by atoms with Crippen LogP contribution in [-0.4, -0.2) is 61.1 Å². The van der Waals surface area contributed by atoms with Crippen LogP contribution in [0.1, 0.15) is 27.2 Å². The van der Waals surface area contributed by atoms with Crippen molar-refractivity contribution >= 4 is 52.7 Å². The number of nitrogens with zero attached hydrogens (tertiary/aromatic N) is 2. The number of hydrogen-bond acceptors (Lipinski definition) is 5. The van der Waals surface area contributed by atoms with Gasteiger partial charge in [0, 0.05) is 35.1 Å². The standard InChI is InChI=1S/C24H32ClN3O5S/c1-4-16(2)21(25)10-5-17(3)23(31)26-13-20(29)14-28(24(32)34)19-8-6-18(7-9-19)27-11-12-33-15-22(27)30/h5-10,16,20,29H,4,11-15H2,1-3H3,(H,26,31)(H,32,34)/b17-5+,21-10+. The van der Waals surface area contributed by atoms with Crippen molar-refractivity contribution in [3.63, 3.8) is 0 Å². The Bertz CT molecular complexity index is 935. The van der Waals surface area contributed by atoms with Gasteiger partial charge in [0.15, 0.2) is 0 Å². The van der Waals surface area contributed by atoms with Crippen LogP contribution in [0.4, 0.5) is 16.2 Å². The number of allylic oxidation sites excluding steroid dienone is 3. The molecule has 2 atom stereocenters. The van der Waals surface area contributed by atoms with Crippen molar-refractivity contribution in [1.29, 1.82) is 0 Å². The lowest BCUT2D eigenvalue weighted by molar-refractivity contribution is -0.125. The maximum Gasteiger partial charge on any atom is 0.283 e. The van der Waals surface area contributed by atoms with E-state index in [1.807, 2.05) is 13.8 Å². The van der Waals surface area contributed by atoms with Gasteiger partial charge in [0.25, 0.3) is 11.1 Å². The van der Waals surface area contributed by atoms with Crippen LogP contribution in [0.15, 0.2) is 47.0 Å². The fourth-order valence-corrected chi connectivity index (χ4v) is 3.58. The Hall–Kier alpha value is -2.33. The van der Waals surface area contributed by atoms with Crippen molar-refractivity contribution in [3.05, 3.63) is 47.0 Å². The summed E-state index contributed by atoms with van der Waals surface area (Å²) < 4.78 is 5.14. The van der Waals surface area contributed by atoms with E-state index >= 15 is 0 Å². The van der Waals surface area contributed by atoms with E-state index in [9.17, 15) is 19.5 Å². The zero-order chi connectivity index (χ0) is 25.3. The highest BCUT2D eigenvalue weighted by Gasteiger charge is 2.22. The topological polar surface area (TPSA) is 99.2 Å². The molecule has 1 aromatic rings. The van der Waals surface area contributed by atoms with Crippen LogP contribution in [0.25, 0.3) is 0 Å². The number of morpholine rings is 1. The normalized spacial score (nSPS) is 16.8. The molecule has 0 aromatic heterocycles. The third-order valence-corrected chi connectivity index (χ3v) is 6.26. The fourth-order valence-electron chi connectivity index (χ4n) is 3.16. The Morgan fingerprint density at radius 2 is 2.00 bits per heavy atom. The minimum absolute atomic E-state index is 0.0385. The zero-order valence-corrected chi connectivity index (χ0v) is 21.3. The lowest BCUT2D eigenvalue weighted by Gasteiger charge is -2.28. The van der Waals surface area contributed by atoms with Gasteiger partial charge in [-0.3, -0.25) is 14.4 Å². The fraction of sp³-hybridized carbons (Fsp3) is 0.458. The van der Waals surface area contributed by atoms with Crippen molar-refractivity contribution in [3.8, 4) is 0 Å². The monoisotopic (exact) mass is 509 g/mol. The quantitative estimate of drug-likeness (QED) is 0.255. The maximum atomic E-state index is 12.3. The number of benzene rings is 1. The molecule has 0 radical (unpaired) electrons. The molecule has 3 amide bonds. The number of rotatable bonds is 10. The van der Waals surface area contributed by atoms with Crippen molar-refractivity contribution in [2.75, 3.05) is 42.6 Å². The van der Waals surface area contributed by atoms with Gasteiger partial charge in [-0.25, -0.2) is 0 Å². The highest BCUT2D eigenvalue weighted by molar-refractivity contribution is 7.96. The minimum atomic E-state index is -1.02. The summed E-state index contributed by atoms with van der Waals surface area (Å²) >= 11 is 10.1. The summed E-state index contributed by atoms with van der Waals surface area (Å²) in [5.41, 5.74) is 1.65. The highest BCUT2D eigenvalue weighted by atomic mass is 35.5. The van der Waals surface area contributed by atoms with Gasteiger partial charge < -0.3 is 25.0 Å². The predicted octanol–water partition coefficient (Wildman–Crippen LogP) is 3.50. The molecule has 2 rings (SSSR count). The molecular weight excluding hydrogens is 478 g/mol. The van der Waals surface area contributed by atoms with Crippen molar-refractivity contribution in [2.24, 2.45) is 5.92 Å². The summed E-state index contributed by atoms with van der Waals surface area (Å²) in [5, 5.41) is 13.2. The number of aliphatic hydroxyl groups is 1. The van der Waals surface area contributed by atoms with Gasteiger partial charge in [-0.15, -0.1) is 0 Å². The smallest absolute Gasteiger partial charge is 0.283 e. The maximum absolute atomic E-state index is 12.3. The number of aliphatic hydroxyl groups excluding tert-OH is 1. The van der Waals surface area contributed by atoms with Crippen LogP contribution in [0.2, 0.25) is 0 Å². The molecule has 1 aliphatic heterocycles. The summed E-state index contributed by atoms with van der Waals surface area (Å²) in [6.07, 6.45) is 3.22. The van der Waals surface area contributed by atoms with Crippen molar-refractivity contribution in [2.45, 2.75) is 33.3 Å². The first kappa shape index (κ1) is 27.9. The Morgan fingerprint density at radius 3 is 2.59 bits per heavy atom. The molecule has 1 aliphatic rings. The van der Waals surface area contributed by atoms with Crippen LogP contribution >= 0.6 is 24.2 Å². The van der Waals surface area contributed by atoms with Gasteiger partial charge in [-0.1, -0.05) is 44.2 Å². The molecule has 0 saturated carbocycles. The Balaban J connectivity index is 1.96. The molecule has 1 heterocycles. The molecule has 1 saturated heterocycles. The van der Waals surface area contributed by atoms with E-state index in [2.05, 4.69) is 17.9 Å². The number of carbonyl (C=O) groups is 3. The third kappa shape index (κ3) is 8.16. The summed E-state index contributed by atoms with van der Waals surface area (Å²) in [5.74, 6) is -0.259. The summed E-state index contributed by atoms with van der Waals surface area (Å²) in [6, 6.07) is 6.81. The third-order valence-electron chi connectivity index (χ3n) is 5.52. The largest absolute Gasteiger partial charge is 0.389 e. The van der Waals surface area contributed by atoms with Gasteiger partial charge in [0.1, 0.15) is 6.61 Å². The summed E-state index contributed by atoms with van der Waals surface area (Å²) in [4.78, 5) is 39.3. The molecular formula is C24H32ClN3O5S. The van der Waals surface area contributed by atoms with Crippen molar-refractivity contribution in [1.82, 2.24) is 5.32 Å². The molecule has 186 valence electrons. The van der Waals surface area contributed by atoms with E-state index in [4.69, 9.17) is 16.3 Å². The molecule has 0 aliphatic carbocycles. The summed E-state index contributed by atoms with van der Waals surface area (Å²) in [6.45, 7) is 6.53. The van der Waals surface area contributed by atoms with Gasteiger partial charge in [-0.05, 0) is 49.6 Å². The number of hydrogen-bond donors (Lipinski definition) is 3. The number of halogens is 1. The Morgan fingerprint density at radius 1 is 1.32 bits per heavy atom. The molecule has 34 heavy (non-hydrogen) atoms. The highest BCUT2D eigenvalue weighted by Crippen LogP contribution is 2.23. The van der Waals surface area contributed by atoms with Crippen LogP contribution < -0.4 is 15.1 Å². The SMILES string of the molecule is CCC(C)/C(Cl)=C\C=C(/C)C(=O)NCC(O)CN(C(=O)S)c1ccc(N2CCOCC2=O)cc1. The second kappa shape index (κ2) is 13.5. The average Bonchev–Trinajstić information content (AvgIpc) is 2.83. The van der Waals surface area contributed by atoms with E-state index in [-0.39, 0.29) is 37.4 Å². The van der Waals surface area contributed by atoms with Gasteiger partial charge in [0.2, 0.25) is 5.91 Å². The minimum Gasteiger partial charge on any atom is -0.389 e. The van der Waals surface area contributed by atoms with Crippen LogP contribution in [0.3, 0.4) is 0 Å². The van der Waals surface area contributed by atoms with Gasteiger partial charge in [-0.2, -0.15) is 0 Å². The molecule has 1 fully saturated rings. The number of carbonyl (C=O) groups excluding carboxylic acids is 3. The van der Waals surface area contributed by atoms with E-state index < -0.39 is 11.3 Å². The Kier molecular flexibility index (Phi) is 11.1. The van der Waals surface area contributed by atoms with Gasteiger partial charge in [0.05, 0.1) is 19.3 Å². The number of anilines is 2. The van der Waals surface area contributed by atoms with E-state index in [1.54, 1.807) is 48.2 Å². The molecule has 8 nitrogen and oxygen atoms in total. The number of amides is 3. The van der Waals surface area contributed by atoms with Crippen LogP contribution in [-0.2, 0) is 14.3 Å². The molecule has 0 bridgehead atoms. The molecule has 0 spiro atoms. The molecule has 2 unspecified atom stereocenters. The van der Waals surface area contributed by atoms with E-state index in [1.165, 1.54) is 4.90 Å². The molecule has 2 N–H and O–H groups in total. The lowest BCUT2D eigenvalue weighted by Crippen LogP contribution is -2.42. The van der Waals surface area contributed by atoms with Crippen molar-refractivity contribution < 1.29 is 24.2 Å². The molecule has 10 heteroatoms. The zero-order valence-electron chi connectivity index (χ0n) is 19.7. The number of ether oxygens (including phenoxy) is 1. The Labute approximate surface area is 211 Å². The second-order valence-corrected chi connectivity index (χ2v) is 8.90. The average molecular weight is 510 g/mol. The van der Waals surface area contributed by atoms with Crippen LogP contribution in [0, 0.1) is 5.92 Å². The predicted molar refractivity (Wildman–Crippen MR) is 138 cm³/mol. The number of nitrogens with one attached hydrogen (secondary N) is 1. The first-order valence-corrected chi connectivity index (χ1v) is 11.9. The van der Waals surface area contributed by atoms with Crippen LogP contribution in [0.5, 0.6) is 0 Å². The summed E-state index contributed by atoms with van der Waals surface area (Å²) in [7, 11) is 0. The van der Waals surface area contributed by atoms with Gasteiger partial charge >= 0.3 is 0 Å². The number of thiol groups is 1. The first-order chi connectivity index (χ1) is 16.1. The van der Waals surface area contributed by atoms with E-state index in [0.29, 0.717) is 35.1 Å². The first-order valence-electron chi connectivity index (χ1n) is 11.1.